The number of imidazole rings is 1. The number of hydrogen-bond acceptors (Lipinski definition) is 9. The van der Waals surface area contributed by atoms with Gasteiger partial charge in [-0.2, -0.15) is 5.26 Å². The van der Waals surface area contributed by atoms with Crippen LogP contribution in [0.5, 0.6) is 0 Å². The second kappa shape index (κ2) is 9.19. The number of hydrogen-bond donors (Lipinski definition) is 3. The van der Waals surface area contributed by atoms with Gasteiger partial charge in [0.2, 0.25) is 0 Å². The number of anilines is 1. The summed E-state index contributed by atoms with van der Waals surface area (Å²) in [6, 6.07) is 2.17. The van der Waals surface area contributed by atoms with Gasteiger partial charge in [0.25, 0.3) is 0 Å². The van der Waals surface area contributed by atoms with Gasteiger partial charge < -0.3 is 9.80 Å². The van der Waals surface area contributed by atoms with Gasteiger partial charge in [-0.05, 0) is 44.7 Å². The van der Waals surface area contributed by atoms with Crippen molar-refractivity contribution in [3.05, 3.63) is 23.0 Å². The van der Waals surface area contributed by atoms with Gasteiger partial charge in [-0.25, -0.2) is 13.8 Å². The lowest BCUT2D eigenvalue weighted by Gasteiger charge is -2.34. The number of fused-ring (bicyclic) bond motifs is 1. The molecular formula is C22H25ClF2N8S2. The molecule has 186 valence electrons. The molecule has 0 atom stereocenters. The summed E-state index contributed by atoms with van der Waals surface area (Å²) >= 11 is 8.44. The Morgan fingerprint density at radius 1 is 1.26 bits per heavy atom. The molecule has 0 amide bonds. The van der Waals surface area contributed by atoms with Gasteiger partial charge in [0.15, 0.2) is 16.8 Å². The van der Waals surface area contributed by atoms with Crippen LogP contribution in [0.4, 0.5) is 14.5 Å². The summed E-state index contributed by atoms with van der Waals surface area (Å²) in [7, 11) is 2.01. The second-order valence-electron chi connectivity index (χ2n) is 9.46. The van der Waals surface area contributed by atoms with E-state index in [1.807, 2.05) is 11.9 Å². The lowest BCUT2D eigenvalue weighted by molar-refractivity contribution is 0.311. The number of pyridine rings is 1. The molecule has 0 bridgehead atoms. The van der Waals surface area contributed by atoms with Crippen LogP contribution in [0.3, 0.4) is 0 Å². The van der Waals surface area contributed by atoms with Crippen molar-refractivity contribution in [1.29, 1.82) is 16.1 Å². The summed E-state index contributed by atoms with van der Waals surface area (Å²) in [5.41, 5.74) is -0.774. The molecule has 13 heteroatoms. The van der Waals surface area contributed by atoms with E-state index in [-0.39, 0.29) is 26.0 Å². The van der Waals surface area contributed by atoms with Crippen molar-refractivity contribution in [1.82, 2.24) is 19.0 Å². The van der Waals surface area contributed by atoms with Crippen molar-refractivity contribution in [3.63, 3.8) is 0 Å². The molecule has 2 saturated carbocycles. The normalized spacial score (nSPS) is 20.6. The third-order valence-corrected chi connectivity index (χ3v) is 9.16. The average Bonchev–Trinajstić information content (AvgIpc) is 3.77. The standard InChI is InChI=1S/C22H25ClF2N8S2/c1-31-6-8-32(9-7-31)15-14(25)13(35-30-22(11-24)4-5-22)10-33-16(15)17(23)29-19(33)18(27)34-20(28)21(12-26)2-3-21/h10,27-28,30H,2-9,11H2,1H3. The van der Waals surface area contributed by atoms with Crippen LogP contribution in [0.1, 0.15) is 31.5 Å². The molecule has 0 spiro atoms. The fourth-order valence-electron chi connectivity index (χ4n) is 4.02. The Bertz CT molecular complexity index is 1240. The number of halogens is 3. The first-order valence-corrected chi connectivity index (χ1v) is 13.3. The molecular weight excluding hydrogens is 514 g/mol. The van der Waals surface area contributed by atoms with Gasteiger partial charge >= 0.3 is 0 Å². The Kier molecular flexibility index (Phi) is 6.51. The number of nitrogens with one attached hydrogen (secondary N) is 3. The Hall–Kier alpha value is -1.91. The fourth-order valence-corrected chi connectivity index (χ4v) is 6.10. The van der Waals surface area contributed by atoms with Crippen LogP contribution in [0.25, 0.3) is 5.52 Å². The SMILES string of the molecule is CN1CCN(c2c(F)c(SNC3(CF)CC3)cn3c(C(=N)SC(=N)C4(C#N)CC4)nc(Cl)c23)CC1. The monoisotopic (exact) mass is 538 g/mol. The molecule has 3 heterocycles. The second-order valence-corrected chi connectivity index (χ2v) is 11.7. The average molecular weight is 539 g/mol. The van der Waals surface area contributed by atoms with Crippen LogP contribution in [0.15, 0.2) is 11.1 Å². The van der Waals surface area contributed by atoms with Gasteiger partial charge in [-0.3, -0.25) is 19.9 Å². The number of rotatable bonds is 7. The van der Waals surface area contributed by atoms with Gasteiger partial charge in [0, 0.05) is 32.4 Å². The smallest absolute Gasteiger partial charge is 0.171 e. The molecule has 8 nitrogen and oxygen atoms in total. The van der Waals surface area contributed by atoms with Crippen LogP contribution in [0.2, 0.25) is 5.15 Å². The van der Waals surface area contributed by atoms with E-state index in [0.29, 0.717) is 50.0 Å². The number of likely N-dealkylation sites (N-methyl/N-ethyl adjacent to an activating group) is 1. The highest BCUT2D eigenvalue weighted by molar-refractivity contribution is 8.26. The Morgan fingerprint density at radius 3 is 2.51 bits per heavy atom. The van der Waals surface area contributed by atoms with E-state index in [4.69, 9.17) is 22.4 Å². The molecule has 5 rings (SSSR count). The maximum absolute atomic E-state index is 16.0. The molecule has 1 saturated heterocycles. The first-order valence-electron chi connectivity index (χ1n) is 11.3. The Morgan fingerprint density at radius 2 is 1.94 bits per heavy atom. The first kappa shape index (κ1) is 24.8. The van der Waals surface area contributed by atoms with Gasteiger partial charge in [0.05, 0.1) is 21.5 Å². The van der Waals surface area contributed by atoms with E-state index in [1.54, 1.807) is 4.40 Å². The zero-order chi connectivity index (χ0) is 25.0. The molecule has 2 aliphatic carbocycles. The van der Waals surface area contributed by atoms with Crippen molar-refractivity contribution >= 4 is 56.6 Å². The largest absolute Gasteiger partial charge is 0.365 e. The van der Waals surface area contributed by atoms with Gasteiger partial charge in [-0.15, -0.1) is 0 Å². The summed E-state index contributed by atoms with van der Waals surface area (Å²) in [6.45, 7) is 2.17. The highest BCUT2D eigenvalue weighted by Crippen LogP contribution is 2.49. The van der Waals surface area contributed by atoms with Gasteiger partial charge in [0.1, 0.15) is 28.3 Å². The van der Waals surface area contributed by atoms with E-state index in [2.05, 4.69) is 20.7 Å². The molecule has 0 unspecified atom stereocenters. The number of aromatic nitrogens is 2. The summed E-state index contributed by atoms with van der Waals surface area (Å²) in [5.74, 6) is -0.284. The molecule has 3 fully saturated rings. The molecule has 3 aliphatic rings. The zero-order valence-electron chi connectivity index (χ0n) is 19.1. The van der Waals surface area contributed by atoms with E-state index in [1.165, 1.54) is 6.20 Å². The molecule has 3 N–H and O–H groups in total. The third-order valence-electron chi connectivity index (χ3n) is 6.88. The topological polar surface area (TPSA) is 107 Å². The molecule has 2 aromatic rings. The van der Waals surface area contributed by atoms with Crippen LogP contribution in [-0.2, 0) is 0 Å². The van der Waals surface area contributed by atoms with E-state index in [0.717, 1.165) is 36.8 Å². The fraction of sp³-hybridized carbons (Fsp3) is 0.545. The minimum absolute atomic E-state index is 0.0410. The van der Waals surface area contributed by atoms with E-state index >= 15 is 4.39 Å². The zero-order valence-corrected chi connectivity index (χ0v) is 21.5. The molecule has 1 aliphatic heterocycles. The Labute approximate surface area is 215 Å². The van der Waals surface area contributed by atoms with Crippen molar-refractivity contribution in [2.75, 3.05) is 44.8 Å². The highest BCUT2D eigenvalue weighted by atomic mass is 35.5. The lowest BCUT2D eigenvalue weighted by atomic mass is 10.2. The van der Waals surface area contributed by atoms with Crippen LogP contribution < -0.4 is 9.62 Å². The summed E-state index contributed by atoms with van der Waals surface area (Å²) in [5, 5.41) is 26.5. The predicted molar refractivity (Wildman–Crippen MR) is 136 cm³/mol. The summed E-state index contributed by atoms with van der Waals surface area (Å²) < 4.78 is 34.1. The molecule has 2 aromatic heterocycles. The van der Waals surface area contributed by atoms with Gasteiger partial charge in [-0.1, -0.05) is 23.4 Å². The highest BCUT2D eigenvalue weighted by Gasteiger charge is 2.48. The number of nitriles is 1. The molecule has 0 radical (unpaired) electrons. The summed E-state index contributed by atoms with van der Waals surface area (Å²) in [6.07, 6.45) is 4.12. The number of thioether (sulfide) groups is 1. The molecule has 0 aromatic carbocycles. The maximum Gasteiger partial charge on any atom is 0.171 e. The minimum atomic E-state index is -0.819. The van der Waals surface area contributed by atoms with E-state index in [9.17, 15) is 9.65 Å². The van der Waals surface area contributed by atoms with Crippen LogP contribution in [-0.4, -0.2) is 69.8 Å². The van der Waals surface area contributed by atoms with Crippen molar-refractivity contribution in [3.8, 4) is 6.07 Å². The minimum Gasteiger partial charge on any atom is -0.365 e. The van der Waals surface area contributed by atoms with Crippen molar-refractivity contribution in [2.45, 2.75) is 36.1 Å². The first-order chi connectivity index (χ1) is 16.7. The third kappa shape index (κ3) is 4.53. The maximum atomic E-state index is 16.0. The van der Waals surface area contributed by atoms with Crippen LogP contribution >= 0.6 is 35.3 Å². The van der Waals surface area contributed by atoms with Crippen molar-refractivity contribution in [2.24, 2.45) is 5.41 Å². The number of piperazine rings is 1. The number of alkyl halides is 1. The summed E-state index contributed by atoms with van der Waals surface area (Å²) in [4.78, 5) is 8.72. The van der Waals surface area contributed by atoms with E-state index < -0.39 is 23.4 Å². The van der Waals surface area contributed by atoms with Crippen LogP contribution in [0, 0.1) is 33.4 Å². The quantitative estimate of drug-likeness (QED) is 0.274. The van der Waals surface area contributed by atoms with Crippen molar-refractivity contribution < 1.29 is 8.78 Å². The lowest BCUT2D eigenvalue weighted by Crippen LogP contribution is -2.45. The number of nitrogens with zero attached hydrogens (tertiary/aromatic N) is 5. The predicted octanol–water partition coefficient (Wildman–Crippen LogP) is 4.32. The Balaban J connectivity index is 1.55. The molecule has 35 heavy (non-hydrogen) atoms.